The van der Waals surface area contributed by atoms with Gasteiger partial charge in [0.1, 0.15) is 5.75 Å². The van der Waals surface area contributed by atoms with Crippen LogP contribution in [0.3, 0.4) is 0 Å². The van der Waals surface area contributed by atoms with Gasteiger partial charge in [-0.15, -0.1) is 0 Å². The van der Waals surface area contributed by atoms with Crippen molar-refractivity contribution in [2.75, 3.05) is 29.7 Å². The van der Waals surface area contributed by atoms with Crippen LogP contribution in [0.25, 0.3) is 0 Å². The van der Waals surface area contributed by atoms with E-state index in [1.165, 1.54) is 0 Å². The number of rotatable bonds is 3. The molecule has 2 aromatic rings. The monoisotopic (exact) mass is 311 g/mol. The standard InChI is InChI=1S/C17H17N3O3/c1-20-15-7-6-13(8-11(15)9-16(20)21)19-17(22)18-12-4-3-5-14(10-12)23-2/h3-8,10H,9H2,1-2H3,(H2,18,19,22). The molecule has 2 N–H and O–H groups in total. The number of anilines is 3. The molecular weight excluding hydrogens is 294 g/mol. The number of hydrogen-bond acceptors (Lipinski definition) is 3. The van der Waals surface area contributed by atoms with Gasteiger partial charge in [-0.3, -0.25) is 4.79 Å². The molecule has 0 saturated heterocycles. The molecule has 118 valence electrons. The van der Waals surface area contributed by atoms with Gasteiger partial charge >= 0.3 is 6.03 Å². The Morgan fingerprint density at radius 3 is 2.61 bits per heavy atom. The van der Waals surface area contributed by atoms with Crippen LogP contribution in [0.1, 0.15) is 5.56 Å². The molecule has 0 aliphatic carbocycles. The van der Waals surface area contributed by atoms with Crippen molar-refractivity contribution >= 4 is 29.0 Å². The lowest BCUT2D eigenvalue weighted by molar-refractivity contribution is -0.117. The Hall–Kier alpha value is -3.02. The molecule has 0 spiro atoms. The normalized spacial score (nSPS) is 12.8. The van der Waals surface area contributed by atoms with E-state index in [4.69, 9.17) is 4.74 Å². The Morgan fingerprint density at radius 1 is 1.13 bits per heavy atom. The summed E-state index contributed by atoms with van der Waals surface area (Å²) in [5.74, 6) is 0.722. The maximum absolute atomic E-state index is 12.1. The minimum absolute atomic E-state index is 0.0537. The van der Waals surface area contributed by atoms with Gasteiger partial charge in [-0.2, -0.15) is 0 Å². The maximum atomic E-state index is 12.1. The first-order valence-corrected chi connectivity index (χ1v) is 7.18. The molecule has 3 amide bonds. The van der Waals surface area contributed by atoms with Gasteiger partial charge in [-0.05, 0) is 35.9 Å². The number of nitrogens with zero attached hydrogens (tertiary/aromatic N) is 1. The zero-order chi connectivity index (χ0) is 16.4. The van der Waals surface area contributed by atoms with Crippen molar-refractivity contribution in [1.29, 1.82) is 0 Å². The van der Waals surface area contributed by atoms with Crippen molar-refractivity contribution in [3.8, 4) is 5.75 Å². The number of carbonyl (C=O) groups excluding carboxylic acids is 2. The largest absolute Gasteiger partial charge is 0.497 e. The molecule has 6 heteroatoms. The van der Waals surface area contributed by atoms with Crippen LogP contribution >= 0.6 is 0 Å². The van der Waals surface area contributed by atoms with Crippen LogP contribution in [0.4, 0.5) is 21.9 Å². The molecule has 1 heterocycles. The Labute approximate surface area is 134 Å². The summed E-state index contributed by atoms with van der Waals surface area (Å²) in [5.41, 5.74) is 3.08. The van der Waals surface area contributed by atoms with Gasteiger partial charge in [-0.1, -0.05) is 6.07 Å². The van der Waals surface area contributed by atoms with E-state index in [-0.39, 0.29) is 11.9 Å². The predicted octanol–water partition coefficient (Wildman–Crippen LogP) is 2.86. The quantitative estimate of drug-likeness (QED) is 0.915. The van der Waals surface area contributed by atoms with Crippen LogP contribution in [-0.2, 0) is 11.2 Å². The van der Waals surface area contributed by atoms with Crippen LogP contribution in [0, 0.1) is 0 Å². The highest BCUT2D eigenvalue weighted by Gasteiger charge is 2.24. The third kappa shape index (κ3) is 3.11. The maximum Gasteiger partial charge on any atom is 0.323 e. The summed E-state index contributed by atoms with van der Waals surface area (Å²) < 4.78 is 5.12. The Morgan fingerprint density at radius 2 is 1.87 bits per heavy atom. The Bertz CT molecular complexity index is 773. The molecule has 3 rings (SSSR count). The molecule has 0 bridgehead atoms. The Kier molecular flexibility index (Phi) is 3.89. The number of urea groups is 1. The van der Waals surface area contributed by atoms with E-state index in [2.05, 4.69) is 10.6 Å². The van der Waals surface area contributed by atoms with E-state index in [0.717, 1.165) is 11.3 Å². The Balaban J connectivity index is 1.69. The molecule has 0 radical (unpaired) electrons. The van der Waals surface area contributed by atoms with Crippen LogP contribution in [0.2, 0.25) is 0 Å². The van der Waals surface area contributed by atoms with Gasteiger partial charge in [0, 0.05) is 30.2 Å². The van der Waals surface area contributed by atoms with Crippen molar-refractivity contribution < 1.29 is 14.3 Å². The fraction of sp³-hybridized carbons (Fsp3) is 0.176. The highest BCUT2D eigenvalue weighted by Crippen LogP contribution is 2.30. The fourth-order valence-electron chi connectivity index (χ4n) is 2.54. The molecule has 2 aromatic carbocycles. The molecule has 0 fully saturated rings. The molecule has 6 nitrogen and oxygen atoms in total. The average molecular weight is 311 g/mol. The second kappa shape index (κ2) is 6.00. The second-order valence-corrected chi connectivity index (χ2v) is 5.28. The van der Waals surface area contributed by atoms with Gasteiger partial charge in [-0.25, -0.2) is 4.79 Å². The lowest BCUT2D eigenvalue weighted by Crippen LogP contribution is -2.20. The van der Waals surface area contributed by atoms with Gasteiger partial charge in [0.25, 0.3) is 0 Å². The zero-order valence-electron chi connectivity index (χ0n) is 12.9. The van der Waals surface area contributed by atoms with Crippen molar-refractivity contribution in [2.24, 2.45) is 0 Å². The third-order valence-corrected chi connectivity index (χ3v) is 3.74. The first-order valence-electron chi connectivity index (χ1n) is 7.18. The van der Waals surface area contributed by atoms with Crippen molar-refractivity contribution in [2.45, 2.75) is 6.42 Å². The van der Waals surface area contributed by atoms with E-state index in [0.29, 0.717) is 23.5 Å². The lowest BCUT2D eigenvalue weighted by atomic mass is 10.1. The fourth-order valence-corrected chi connectivity index (χ4v) is 2.54. The molecule has 0 atom stereocenters. The first kappa shape index (κ1) is 14.9. The molecule has 0 aromatic heterocycles. The number of likely N-dealkylation sites (N-methyl/N-ethyl adjacent to an activating group) is 1. The summed E-state index contributed by atoms with van der Waals surface area (Å²) in [6.07, 6.45) is 0.360. The summed E-state index contributed by atoms with van der Waals surface area (Å²) in [7, 11) is 3.32. The van der Waals surface area contributed by atoms with E-state index in [9.17, 15) is 9.59 Å². The highest BCUT2D eigenvalue weighted by atomic mass is 16.5. The van der Waals surface area contributed by atoms with E-state index >= 15 is 0 Å². The highest BCUT2D eigenvalue weighted by molar-refractivity contribution is 6.03. The summed E-state index contributed by atoms with van der Waals surface area (Å²) in [4.78, 5) is 25.4. The first-order chi connectivity index (χ1) is 11.1. The zero-order valence-corrected chi connectivity index (χ0v) is 12.9. The number of carbonyl (C=O) groups is 2. The van der Waals surface area contributed by atoms with E-state index in [1.807, 2.05) is 12.1 Å². The van der Waals surface area contributed by atoms with Crippen LogP contribution in [0.5, 0.6) is 5.75 Å². The van der Waals surface area contributed by atoms with E-state index < -0.39 is 0 Å². The summed E-state index contributed by atoms with van der Waals surface area (Å²) in [6.45, 7) is 0. The van der Waals surface area contributed by atoms with Crippen LogP contribution < -0.4 is 20.3 Å². The van der Waals surface area contributed by atoms with Crippen LogP contribution in [0.15, 0.2) is 42.5 Å². The topological polar surface area (TPSA) is 70.7 Å². The van der Waals surface area contributed by atoms with Gasteiger partial charge in [0.05, 0.1) is 13.5 Å². The number of fused-ring (bicyclic) bond motifs is 1. The lowest BCUT2D eigenvalue weighted by Gasteiger charge is -2.12. The molecule has 0 saturated carbocycles. The number of ether oxygens (including phenoxy) is 1. The minimum Gasteiger partial charge on any atom is -0.497 e. The molecule has 1 aliphatic rings. The number of methoxy groups -OCH3 is 1. The number of benzene rings is 2. The summed E-state index contributed by atoms with van der Waals surface area (Å²) in [6, 6.07) is 12.2. The average Bonchev–Trinajstić information content (AvgIpc) is 2.81. The third-order valence-electron chi connectivity index (χ3n) is 3.74. The number of nitrogens with one attached hydrogen (secondary N) is 2. The van der Waals surface area contributed by atoms with Crippen LogP contribution in [-0.4, -0.2) is 26.1 Å². The minimum atomic E-state index is -0.351. The molecule has 0 unspecified atom stereocenters. The SMILES string of the molecule is COc1cccc(NC(=O)Nc2ccc3c(c2)CC(=O)N3C)c1. The predicted molar refractivity (Wildman–Crippen MR) is 89.2 cm³/mol. The summed E-state index contributed by atoms with van der Waals surface area (Å²) >= 11 is 0. The number of hydrogen-bond donors (Lipinski definition) is 2. The van der Waals surface area contributed by atoms with Crippen molar-refractivity contribution in [1.82, 2.24) is 0 Å². The van der Waals surface area contributed by atoms with Gasteiger partial charge in [0.2, 0.25) is 5.91 Å². The van der Waals surface area contributed by atoms with Gasteiger partial charge in [0.15, 0.2) is 0 Å². The van der Waals surface area contributed by atoms with Crippen molar-refractivity contribution in [3.63, 3.8) is 0 Å². The summed E-state index contributed by atoms with van der Waals surface area (Å²) in [5, 5.41) is 5.51. The van der Waals surface area contributed by atoms with E-state index in [1.54, 1.807) is 49.4 Å². The molecular formula is C17H17N3O3. The molecule has 23 heavy (non-hydrogen) atoms. The number of amides is 3. The molecule has 1 aliphatic heterocycles. The van der Waals surface area contributed by atoms with Crippen molar-refractivity contribution in [3.05, 3.63) is 48.0 Å². The smallest absolute Gasteiger partial charge is 0.323 e. The van der Waals surface area contributed by atoms with Gasteiger partial charge < -0.3 is 20.3 Å². The second-order valence-electron chi connectivity index (χ2n) is 5.28.